The molecule has 0 fully saturated rings. The average molecular weight is 330 g/mol. The molecule has 0 unspecified atom stereocenters. The smallest absolute Gasteiger partial charge is 0.336 e. The van der Waals surface area contributed by atoms with Crippen molar-refractivity contribution in [2.24, 2.45) is 0 Å². The Morgan fingerprint density at radius 1 is 1.13 bits per heavy atom. The van der Waals surface area contributed by atoms with Crippen molar-refractivity contribution in [2.45, 2.75) is 0 Å². The fraction of sp³-hybridized carbons (Fsp3) is 0. The standard InChI is InChI=1S/C11H6Br2O2/c12-9-7-4-2-1-3-6(7)5-8(10(9)13)11(14)15/h1-5H,(H,14,15). The van der Waals surface area contributed by atoms with E-state index in [2.05, 4.69) is 31.9 Å². The Morgan fingerprint density at radius 3 is 2.47 bits per heavy atom. The summed E-state index contributed by atoms with van der Waals surface area (Å²) in [5.41, 5.74) is 0.264. The number of carboxylic acids is 1. The number of carboxylic acid groups (broad SMARTS) is 1. The molecule has 0 radical (unpaired) electrons. The lowest BCUT2D eigenvalue weighted by atomic mass is 10.1. The van der Waals surface area contributed by atoms with Crippen LogP contribution in [0.15, 0.2) is 39.3 Å². The van der Waals surface area contributed by atoms with Gasteiger partial charge in [0, 0.05) is 8.95 Å². The van der Waals surface area contributed by atoms with Crippen LogP contribution >= 0.6 is 31.9 Å². The molecule has 0 saturated carbocycles. The summed E-state index contributed by atoms with van der Waals surface area (Å²) in [7, 11) is 0. The minimum atomic E-state index is -0.937. The predicted molar refractivity (Wildman–Crippen MR) is 66.3 cm³/mol. The van der Waals surface area contributed by atoms with Crippen LogP contribution in [0.1, 0.15) is 10.4 Å². The van der Waals surface area contributed by atoms with Gasteiger partial charge < -0.3 is 5.11 Å². The molecule has 2 rings (SSSR count). The highest BCUT2D eigenvalue weighted by atomic mass is 79.9. The second-order valence-corrected chi connectivity index (χ2v) is 4.66. The van der Waals surface area contributed by atoms with Crippen LogP contribution in [-0.2, 0) is 0 Å². The number of benzene rings is 2. The van der Waals surface area contributed by atoms with Crippen molar-refractivity contribution in [1.29, 1.82) is 0 Å². The zero-order valence-corrected chi connectivity index (χ0v) is 10.7. The highest BCUT2D eigenvalue weighted by Gasteiger charge is 2.13. The molecule has 0 atom stereocenters. The Kier molecular flexibility index (Phi) is 2.80. The quantitative estimate of drug-likeness (QED) is 0.856. The van der Waals surface area contributed by atoms with E-state index in [0.717, 1.165) is 15.2 Å². The summed E-state index contributed by atoms with van der Waals surface area (Å²) in [4.78, 5) is 11.0. The molecular weight excluding hydrogens is 324 g/mol. The topological polar surface area (TPSA) is 37.3 Å². The normalized spacial score (nSPS) is 10.5. The number of hydrogen-bond acceptors (Lipinski definition) is 1. The molecule has 2 nitrogen and oxygen atoms in total. The molecule has 0 saturated heterocycles. The van der Waals surface area contributed by atoms with E-state index in [-0.39, 0.29) is 5.56 Å². The van der Waals surface area contributed by atoms with Crippen LogP contribution in [0, 0.1) is 0 Å². The van der Waals surface area contributed by atoms with E-state index in [1.165, 1.54) is 0 Å². The molecule has 76 valence electrons. The zero-order valence-electron chi connectivity index (χ0n) is 7.50. The Bertz CT molecular complexity index is 550. The van der Waals surface area contributed by atoms with Crippen LogP contribution in [0.2, 0.25) is 0 Å². The lowest BCUT2D eigenvalue weighted by molar-refractivity contribution is 0.0696. The summed E-state index contributed by atoms with van der Waals surface area (Å²) < 4.78 is 1.35. The van der Waals surface area contributed by atoms with Gasteiger partial charge in [-0.25, -0.2) is 4.79 Å². The monoisotopic (exact) mass is 328 g/mol. The predicted octanol–water partition coefficient (Wildman–Crippen LogP) is 4.06. The van der Waals surface area contributed by atoms with Crippen LogP contribution < -0.4 is 0 Å². The van der Waals surface area contributed by atoms with Crippen molar-refractivity contribution in [3.63, 3.8) is 0 Å². The van der Waals surface area contributed by atoms with Gasteiger partial charge >= 0.3 is 5.97 Å². The highest BCUT2D eigenvalue weighted by Crippen LogP contribution is 2.34. The van der Waals surface area contributed by atoms with E-state index in [9.17, 15) is 4.79 Å². The number of rotatable bonds is 1. The number of halogens is 2. The Labute approximate surface area is 103 Å². The summed E-state index contributed by atoms with van der Waals surface area (Å²) >= 11 is 6.66. The third kappa shape index (κ3) is 1.79. The third-order valence-corrected chi connectivity index (χ3v) is 4.34. The van der Waals surface area contributed by atoms with Gasteiger partial charge in [-0.15, -0.1) is 0 Å². The lowest BCUT2D eigenvalue weighted by Gasteiger charge is -2.06. The molecule has 0 aliphatic rings. The minimum absolute atomic E-state index is 0.264. The zero-order chi connectivity index (χ0) is 11.0. The van der Waals surface area contributed by atoms with Crippen LogP contribution in [0.25, 0.3) is 10.8 Å². The van der Waals surface area contributed by atoms with Crippen molar-refractivity contribution >= 4 is 48.6 Å². The molecule has 0 spiro atoms. The van der Waals surface area contributed by atoms with Gasteiger partial charge in [0.1, 0.15) is 0 Å². The maximum atomic E-state index is 11.0. The SMILES string of the molecule is O=C(O)c1cc2ccccc2c(Br)c1Br. The van der Waals surface area contributed by atoms with Crippen molar-refractivity contribution in [3.8, 4) is 0 Å². The second kappa shape index (κ2) is 3.94. The summed E-state index contributed by atoms with van der Waals surface area (Å²) in [6.45, 7) is 0. The van der Waals surface area contributed by atoms with Gasteiger partial charge in [-0.3, -0.25) is 0 Å². The number of aromatic carboxylic acids is 1. The van der Waals surface area contributed by atoms with Gasteiger partial charge in [-0.05, 0) is 48.7 Å². The molecule has 2 aromatic rings. The Morgan fingerprint density at radius 2 is 1.80 bits per heavy atom. The van der Waals surface area contributed by atoms with E-state index in [1.54, 1.807) is 6.07 Å². The van der Waals surface area contributed by atoms with Crippen LogP contribution in [-0.4, -0.2) is 11.1 Å². The molecule has 0 aliphatic heterocycles. The highest BCUT2D eigenvalue weighted by molar-refractivity contribution is 9.13. The van der Waals surface area contributed by atoms with Gasteiger partial charge in [0.2, 0.25) is 0 Å². The van der Waals surface area contributed by atoms with E-state index < -0.39 is 5.97 Å². The molecule has 15 heavy (non-hydrogen) atoms. The molecule has 0 heterocycles. The molecule has 0 bridgehead atoms. The maximum Gasteiger partial charge on any atom is 0.336 e. The van der Waals surface area contributed by atoms with E-state index >= 15 is 0 Å². The van der Waals surface area contributed by atoms with Gasteiger partial charge in [0.15, 0.2) is 0 Å². The van der Waals surface area contributed by atoms with Gasteiger partial charge in [0.05, 0.1) is 5.56 Å². The number of fused-ring (bicyclic) bond motifs is 1. The first kappa shape index (κ1) is 10.6. The third-order valence-electron chi connectivity index (χ3n) is 2.16. The fourth-order valence-corrected chi connectivity index (χ4v) is 2.51. The summed E-state index contributed by atoms with van der Waals surface area (Å²) in [5.74, 6) is -0.937. The summed E-state index contributed by atoms with van der Waals surface area (Å²) in [6, 6.07) is 9.29. The van der Waals surface area contributed by atoms with Gasteiger partial charge in [-0.1, -0.05) is 24.3 Å². The van der Waals surface area contributed by atoms with Crippen LogP contribution in [0.4, 0.5) is 0 Å². The van der Waals surface area contributed by atoms with Gasteiger partial charge in [0.25, 0.3) is 0 Å². The molecule has 4 heteroatoms. The van der Waals surface area contributed by atoms with Crippen LogP contribution in [0.3, 0.4) is 0 Å². The largest absolute Gasteiger partial charge is 0.478 e. The van der Waals surface area contributed by atoms with E-state index in [0.29, 0.717) is 4.47 Å². The minimum Gasteiger partial charge on any atom is -0.478 e. The molecule has 1 N–H and O–H groups in total. The fourth-order valence-electron chi connectivity index (χ4n) is 1.43. The molecule has 0 amide bonds. The van der Waals surface area contributed by atoms with Crippen LogP contribution in [0.5, 0.6) is 0 Å². The number of carbonyl (C=O) groups is 1. The molecule has 0 aromatic heterocycles. The first-order valence-electron chi connectivity index (χ1n) is 4.21. The lowest BCUT2D eigenvalue weighted by Crippen LogP contribution is -1.98. The van der Waals surface area contributed by atoms with Crippen molar-refractivity contribution in [1.82, 2.24) is 0 Å². The maximum absolute atomic E-state index is 11.0. The first-order valence-corrected chi connectivity index (χ1v) is 5.80. The second-order valence-electron chi connectivity index (χ2n) is 3.08. The molecule has 2 aromatic carbocycles. The number of hydrogen-bond donors (Lipinski definition) is 1. The van der Waals surface area contributed by atoms with Crippen molar-refractivity contribution in [3.05, 3.63) is 44.8 Å². The van der Waals surface area contributed by atoms with E-state index in [4.69, 9.17) is 5.11 Å². The Hall–Kier alpha value is -0.870. The van der Waals surface area contributed by atoms with E-state index in [1.807, 2.05) is 24.3 Å². The van der Waals surface area contributed by atoms with Crippen molar-refractivity contribution < 1.29 is 9.90 Å². The van der Waals surface area contributed by atoms with Crippen molar-refractivity contribution in [2.75, 3.05) is 0 Å². The summed E-state index contributed by atoms with van der Waals surface area (Å²) in [6.07, 6.45) is 0. The molecular formula is C11H6Br2O2. The Balaban J connectivity index is 2.88. The first-order chi connectivity index (χ1) is 7.11. The average Bonchev–Trinajstić information content (AvgIpc) is 2.23. The van der Waals surface area contributed by atoms with Gasteiger partial charge in [-0.2, -0.15) is 0 Å². The summed E-state index contributed by atoms with van der Waals surface area (Å²) in [5, 5.41) is 10.9. The molecule has 0 aliphatic carbocycles.